The second-order valence-corrected chi connectivity index (χ2v) is 8.08. The highest BCUT2D eigenvalue weighted by molar-refractivity contribution is 7.11. The van der Waals surface area contributed by atoms with E-state index in [1.807, 2.05) is 40.6 Å². The number of nitrogens with zero attached hydrogens (tertiary/aromatic N) is 2. The first-order chi connectivity index (χ1) is 14.6. The quantitative estimate of drug-likeness (QED) is 0.572. The van der Waals surface area contributed by atoms with Crippen molar-refractivity contribution in [2.24, 2.45) is 0 Å². The van der Waals surface area contributed by atoms with Gasteiger partial charge in [0.05, 0.1) is 11.3 Å². The molecule has 0 saturated carbocycles. The summed E-state index contributed by atoms with van der Waals surface area (Å²) in [5.41, 5.74) is 2.57. The Labute approximate surface area is 175 Å². The molecule has 0 atom stereocenters. The molecular weight excluding hydrogens is 406 g/mol. The van der Waals surface area contributed by atoms with E-state index in [1.54, 1.807) is 6.07 Å². The van der Waals surface area contributed by atoms with Crippen LogP contribution in [0, 0.1) is 11.6 Å². The summed E-state index contributed by atoms with van der Waals surface area (Å²) in [4.78, 5) is 30.4. The zero-order chi connectivity index (χ0) is 20.8. The smallest absolute Gasteiger partial charge is 0.282 e. The van der Waals surface area contributed by atoms with Gasteiger partial charge in [-0.05, 0) is 48.1 Å². The molecule has 30 heavy (non-hydrogen) atoms. The Morgan fingerprint density at radius 2 is 1.73 bits per heavy atom. The molecule has 0 bridgehead atoms. The van der Waals surface area contributed by atoms with E-state index in [0.29, 0.717) is 11.4 Å². The zero-order valence-electron chi connectivity index (χ0n) is 15.8. The van der Waals surface area contributed by atoms with Gasteiger partial charge in [0, 0.05) is 23.2 Å². The molecule has 2 aromatic carbocycles. The molecule has 150 valence electrons. The summed E-state index contributed by atoms with van der Waals surface area (Å²) >= 11 is 1.36. The first-order valence-corrected chi connectivity index (χ1v) is 10.4. The molecule has 3 heterocycles. The fourth-order valence-electron chi connectivity index (χ4n) is 4.04. The van der Waals surface area contributed by atoms with E-state index in [1.165, 1.54) is 17.4 Å². The molecule has 0 N–H and O–H groups in total. The van der Waals surface area contributed by atoms with Crippen LogP contribution in [-0.4, -0.2) is 18.4 Å². The van der Waals surface area contributed by atoms with Crippen LogP contribution >= 0.6 is 11.3 Å². The Kier molecular flexibility index (Phi) is 4.47. The van der Waals surface area contributed by atoms with E-state index in [-0.39, 0.29) is 17.0 Å². The molecule has 0 spiro atoms. The maximum Gasteiger partial charge on any atom is 0.282 e. The summed E-state index contributed by atoms with van der Waals surface area (Å²) < 4.78 is 27.3. The van der Waals surface area contributed by atoms with E-state index in [0.717, 1.165) is 41.1 Å². The second-order valence-electron chi connectivity index (χ2n) is 7.13. The number of carbonyl (C=O) groups excluding carboxylic acids is 2. The Hall–Kier alpha value is -3.32. The number of fused-ring (bicyclic) bond motifs is 1. The Morgan fingerprint density at radius 3 is 2.50 bits per heavy atom. The van der Waals surface area contributed by atoms with Crippen LogP contribution in [0.4, 0.5) is 20.2 Å². The molecule has 0 saturated heterocycles. The first-order valence-electron chi connectivity index (χ1n) is 9.53. The van der Waals surface area contributed by atoms with Gasteiger partial charge in [-0.2, -0.15) is 0 Å². The summed E-state index contributed by atoms with van der Waals surface area (Å²) in [5, 5.41) is 1.84. The van der Waals surface area contributed by atoms with Gasteiger partial charge in [-0.25, -0.2) is 13.7 Å². The van der Waals surface area contributed by atoms with Crippen molar-refractivity contribution in [3.8, 4) is 0 Å². The largest absolute Gasteiger partial charge is 0.336 e. The molecule has 3 aromatic rings. The maximum atomic E-state index is 13.9. The maximum absolute atomic E-state index is 13.9. The lowest BCUT2D eigenvalue weighted by molar-refractivity contribution is -0.120. The Balaban J connectivity index is 1.68. The second kappa shape index (κ2) is 7.18. The van der Waals surface area contributed by atoms with Crippen molar-refractivity contribution in [3.63, 3.8) is 0 Å². The van der Waals surface area contributed by atoms with Crippen molar-refractivity contribution >= 4 is 40.1 Å². The number of carbonyl (C=O) groups is 2. The number of hydrogen-bond donors (Lipinski definition) is 0. The normalized spacial score (nSPS) is 16.5. The first kappa shape index (κ1) is 18.7. The monoisotopic (exact) mass is 422 g/mol. The molecule has 0 radical (unpaired) electrons. The van der Waals surface area contributed by atoms with Gasteiger partial charge in [0.25, 0.3) is 11.8 Å². The van der Waals surface area contributed by atoms with E-state index in [2.05, 4.69) is 0 Å². The fraction of sp³-hybridized carbons (Fsp3) is 0.130. The van der Waals surface area contributed by atoms with E-state index in [4.69, 9.17) is 0 Å². The number of anilines is 2. The molecule has 0 unspecified atom stereocenters. The molecule has 5 rings (SSSR count). The number of thiophene rings is 1. The predicted octanol–water partition coefficient (Wildman–Crippen LogP) is 4.76. The van der Waals surface area contributed by atoms with Gasteiger partial charge in [-0.15, -0.1) is 11.3 Å². The highest BCUT2D eigenvalue weighted by Gasteiger charge is 2.44. The van der Waals surface area contributed by atoms with Crippen LogP contribution in [0.2, 0.25) is 0 Å². The number of aryl methyl sites for hydroxylation is 1. The summed E-state index contributed by atoms with van der Waals surface area (Å²) in [7, 11) is 0. The van der Waals surface area contributed by atoms with E-state index in [9.17, 15) is 18.4 Å². The van der Waals surface area contributed by atoms with Crippen molar-refractivity contribution in [1.82, 2.24) is 0 Å². The standard InChI is InChI=1S/C23H16F2N2O2S/c24-16-10-9-15(13-17(16)25)27-22(28)20(19-8-4-12-30-19)21(23(27)29)26-11-3-6-14-5-1-2-7-18(14)26/h1-2,4-5,7-10,12-13H,3,6,11H2. The molecule has 2 aliphatic heterocycles. The Bertz CT molecular complexity index is 1200. The predicted molar refractivity (Wildman–Crippen MR) is 112 cm³/mol. The van der Waals surface area contributed by atoms with Crippen LogP contribution in [0.1, 0.15) is 16.9 Å². The minimum atomic E-state index is -1.11. The van der Waals surface area contributed by atoms with Crippen molar-refractivity contribution < 1.29 is 18.4 Å². The van der Waals surface area contributed by atoms with Gasteiger partial charge in [-0.1, -0.05) is 24.3 Å². The molecule has 7 heteroatoms. The molecule has 4 nitrogen and oxygen atoms in total. The van der Waals surface area contributed by atoms with Gasteiger partial charge in [0.1, 0.15) is 5.70 Å². The highest BCUT2D eigenvalue weighted by Crippen LogP contribution is 2.40. The van der Waals surface area contributed by atoms with Crippen molar-refractivity contribution in [1.29, 1.82) is 0 Å². The molecule has 2 aliphatic rings. The number of para-hydroxylation sites is 1. The lowest BCUT2D eigenvalue weighted by atomic mass is 10.00. The number of imide groups is 1. The molecular formula is C23H16F2N2O2S. The SMILES string of the molecule is O=C1C(c2cccs2)=C(N2CCCc3ccccc32)C(=O)N1c1ccc(F)c(F)c1. The zero-order valence-corrected chi connectivity index (χ0v) is 16.6. The number of amides is 2. The van der Waals surface area contributed by atoms with Crippen LogP contribution in [0.5, 0.6) is 0 Å². The van der Waals surface area contributed by atoms with Gasteiger partial charge in [0.2, 0.25) is 0 Å². The lowest BCUT2D eigenvalue weighted by Crippen LogP contribution is -2.37. The number of hydrogen-bond acceptors (Lipinski definition) is 4. The number of halogens is 2. The van der Waals surface area contributed by atoms with Gasteiger partial charge in [0.15, 0.2) is 11.6 Å². The fourth-order valence-corrected chi connectivity index (χ4v) is 4.80. The number of rotatable bonds is 3. The summed E-state index contributed by atoms with van der Waals surface area (Å²) in [6, 6.07) is 14.4. The van der Waals surface area contributed by atoms with Crippen LogP contribution in [0.3, 0.4) is 0 Å². The van der Waals surface area contributed by atoms with Crippen LogP contribution in [-0.2, 0) is 16.0 Å². The topological polar surface area (TPSA) is 40.6 Å². The van der Waals surface area contributed by atoms with Crippen LogP contribution in [0.25, 0.3) is 5.57 Å². The van der Waals surface area contributed by atoms with Crippen LogP contribution < -0.4 is 9.80 Å². The average molecular weight is 422 g/mol. The minimum absolute atomic E-state index is 0.0123. The van der Waals surface area contributed by atoms with Crippen molar-refractivity contribution in [3.05, 3.63) is 87.7 Å². The lowest BCUT2D eigenvalue weighted by Gasteiger charge is -2.32. The minimum Gasteiger partial charge on any atom is -0.336 e. The van der Waals surface area contributed by atoms with Gasteiger partial charge in [-0.3, -0.25) is 9.59 Å². The summed E-state index contributed by atoms with van der Waals surface area (Å²) in [6.45, 7) is 0.589. The van der Waals surface area contributed by atoms with Crippen molar-refractivity contribution in [2.45, 2.75) is 12.8 Å². The van der Waals surface area contributed by atoms with Gasteiger partial charge < -0.3 is 4.90 Å². The summed E-state index contributed by atoms with van der Waals surface area (Å²) in [6.07, 6.45) is 1.73. The van der Waals surface area contributed by atoms with Gasteiger partial charge >= 0.3 is 0 Å². The molecule has 2 amide bonds. The summed E-state index contributed by atoms with van der Waals surface area (Å²) in [5.74, 6) is -3.21. The number of benzene rings is 2. The van der Waals surface area contributed by atoms with E-state index < -0.39 is 23.4 Å². The third-order valence-corrected chi connectivity index (χ3v) is 6.26. The highest BCUT2D eigenvalue weighted by atomic mass is 32.1. The Morgan fingerprint density at radius 1 is 0.900 bits per heavy atom. The third-order valence-electron chi connectivity index (χ3n) is 5.37. The molecule has 0 aliphatic carbocycles. The van der Waals surface area contributed by atoms with E-state index >= 15 is 0 Å². The van der Waals surface area contributed by atoms with Crippen LogP contribution in [0.15, 0.2) is 65.7 Å². The molecule has 1 aromatic heterocycles. The molecule has 0 fully saturated rings. The van der Waals surface area contributed by atoms with Crippen molar-refractivity contribution in [2.75, 3.05) is 16.3 Å². The third kappa shape index (κ3) is 2.85. The average Bonchev–Trinajstić information content (AvgIpc) is 3.36.